The van der Waals surface area contributed by atoms with Gasteiger partial charge in [-0.1, -0.05) is 82.7 Å². The third kappa shape index (κ3) is 8.10. The Bertz CT molecular complexity index is 906. The summed E-state index contributed by atoms with van der Waals surface area (Å²) in [6.45, 7) is 3.87. The average Bonchev–Trinajstić information content (AvgIpc) is 2.80. The lowest BCUT2D eigenvalue weighted by Gasteiger charge is -2.20. The normalized spacial score (nSPS) is 12.6. The predicted molar refractivity (Wildman–Crippen MR) is 124 cm³/mol. The number of carbonyl (C=O) groups is 1. The van der Waals surface area contributed by atoms with Crippen molar-refractivity contribution in [1.82, 2.24) is 0 Å². The molecule has 0 radical (unpaired) electrons. The van der Waals surface area contributed by atoms with Crippen molar-refractivity contribution in [3.8, 4) is 11.1 Å². The molecule has 0 fully saturated rings. The number of alkyl halides is 3. The third-order valence-corrected chi connectivity index (χ3v) is 5.82. The fraction of sp³-hybridized carbons (Fsp3) is 0.519. The molecule has 0 spiro atoms. The molecule has 0 saturated carbocycles. The molecule has 0 bridgehead atoms. The highest BCUT2D eigenvalue weighted by molar-refractivity contribution is 5.90. The first-order valence-electron chi connectivity index (χ1n) is 12.0. The Balaban J connectivity index is 2.07. The molecule has 0 aromatic heterocycles. The number of unbranched alkanes of at least 4 members (excludes halogenated alkanes) is 6. The topological polar surface area (TPSA) is 26.3 Å². The fourth-order valence-electron chi connectivity index (χ4n) is 3.76. The zero-order valence-corrected chi connectivity index (χ0v) is 19.8. The van der Waals surface area contributed by atoms with Gasteiger partial charge in [-0.3, -0.25) is 0 Å². The van der Waals surface area contributed by atoms with Gasteiger partial charge in [-0.15, -0.1) is 0 Å². The van der Waals surface area contributed by atoms with E-state index in [1.807, 2.05) is 12.1 Å². The standard InChI is InChI=1S/C27H33F5O2/c1-3-5-7-8-9-10-11-19-13-15-20(16-14-19)21-17-18-22(25(29)24(21)28)26(33)34-23(12-6-4-2)27(30,31)32/h13-18,23H,3-12H2,1-2H3. The molecule has 0 aliphatic rings. The van der Waals surface area contributed by atoms with Gasteiger partial charge < -0.3 is 4.74 Å². The number of aryl methyl sites for hydroxylation is 1. The van der Waals surface area contributed by atoms with Gasteiger partial charge in [0.15, 0.2) is 17.7 Å². The first-order chi connectivity index (χ1) is 16.2. The predicted octanol–water partition coefficient (Wildman–Crippen LogP) is 8.81. The van der Waals surface area contributed by atoms with E-state index in [0.717, 1.165) is 30.9 Å². The Morgan fingerprint density at radius 2 is 1.44 bits per heavy atom. The van der Waals surface area contributed by atoms with Crippen LogP contribution in [0, 0.1) is 11.6 Å². The van der Waals surface area contributed by atoms with Crippen molar-refractivity contribution >= 4 is 5.97 Å². The summed E-state index contributed by atoms with van der Waals surface area (Å²) >= 11 is 0. The van der Waals surface area contributed by atoms with Gasteiger partial charge in [0.05, 0.1) is 5.56 Å². The van der Waals surface area contributed by atoms with Crippen LogP contribution >= 0.6 is 0 Å². The van der Waals surface area contributed by atoms with Gasteiger partial charge in [0.2, 0.25) is 0 Å². The Morgan fingerprint density at radius 1 is 0.824 bits per heavy atom. The highest BCUT2D eigenvalue weighted by Gasteiger charge is 2.42. The van der Waals surface area contributed by atoms with Crippen LogP contribution in [0.5, 0.6) is 0 Å². The van der Waals surface area contributed by atoms with E-state index in [4.69, 9.17) is 0 Å². The summed E-state index contributed by atoms with van der Waals surface area (Å²) in [4.78, 5) is 12.2. The van der Waals surface area contributed by atoms with Crippen LogP contribution in [0.25, 0.3) is 11.1 Å². The minimum absolute atomic E-state index is 0.0708. The molecule has 2 aromatic carbocycles. The Hall–Kier alpha value is -2.44. The SMILES string of the molecule is CCCCCCCCc1ccc(-c2ccc(C(=O)OC(CCCC)C(F)(F)F)c(F)c2F)cc1. The summed E-state index contributed by atoms with van der Waals surface area (Å²) in [6, 6.07) is 9.20. The molecular formula is C27H33F5O2. The Morgan fingerprint density at radius 3 is 2.06 bits per heavy atom. The Kier molecular flexibility index (Phi) is 11.0. The van der Waals surface area contributed by atoms with Crippen molar-refractivity contribution < 1.29 is 31.5 Å². The second-order valence-electron chi connectivity index (χ2n) is 8.58. The molecular weight excluding hydrogens is 451 g/mol. The van der Waals surface area contributed by atoms with Gasteiger partial charge in [-0.25, -0.2) is 13.6 Å². The molecule has 7 heteroatoms. The van der Waals surface area contributed by atoms with Crippen molar-refractivity contribution in [2.75, 3.05) is 0 Å². The van der Waals surface area contributed by atoms with E-state index in [-0.39, 0.29) is 12.0 Å². The van der Waals surface area contributed by atoms with Gasteiger partial charge in [-0.05, 0) is 42.9 Å². The van der Waals surface area contributed by atoms with E-state index < -0.39 is 41.9 Å². The summed E-state index contributed by atoms with van der Waals surface area (Å²) in [5.41, 5.74) is 0.579. The van der Waals surface area contributed by atoms with Crippen LogP contribution in [0.3, 0.4) is 0 Å². The van der Waals surface area contributed by atoms with Crippen molar-refractivity contribution in [3.05, 3.63) is 59.2 Å². The van der Waals surface area contributed by atoms with Crippen LogP contribution in [0.15, 0.2) is 36.4 Å². The van der Waals surface area contributed by atoms with Crippen molar-refractivity contribution in [2.24, 2.45) is 0 Å². The summed E-state index contributed by atoms with van der Waals surface area (Å²) in [6.07, 6.45) is 1.06. The number of halogens is 5. The molecule has 188 valence electrons. The largest absolute Gasteiger partial charge is 0.449 e. The number of hydrogen-bond donors (Lipinski definition) is 0. The van der Waals surface area contributed by atoms with E-state index in [1.165, 1.54) is 31.7 Å². The molecule has 2 nitrogen and oxygen atoms in total. The molecule has 2 rings (SSSR count). The molecule has 0 N–H and O–H groups in total. The number of rotatable bonds is 13. The van der Waals surface area contributed by atoms with Crippen LogP contribution in [-0.2, 0) is 11.2 Å². The van der Waals surface area contributed by atoms with Gasteiger partial charge in [0, 0.05) is 5.56 Å². The van der Waals surface area contributed by atoms with Crippen molar-refractivity contribution in [3.63, 3.8) is 0 Å². The maximum atomic E-state index is 14.7. The van der Waals surface area contributed by atoms with Crippen LogP contribution in [0.1, 0.15) is 87.6 Å². The number of esters is 1. The summed E-state index contributed by atoms with van der Waals surface area (Å²) in [5.74, 6) is -4.35. The number of carbonyl (C=O) groups excluding carboxylic acids is 1. The second kappa shape index (κ2) is 13.4. The van der Waals surface area contributed by atoms with Crippen LogP contribution < -0.4 is 0 Å². The van der Waals surface area contributed by atoms with E-state index in [2.05, 4.69) is 11.7 Å². The second-order valence-corrected chi connectivity index (χ2v) is 8.58. The average molecular weight is 485 g/mol. The van der Waals surface area contributed by atoms with E-state index in [0.29, 0.717) is 12.0 Å². The zero-order valence-electron chi connectivity index (χ0n) is 19.8. The fourth-order valence-corrected chi connectivity index (χ4v) is 3.76. The lowest BCUT2D eigenvalue weighted by atomic mass is 9.99. The minimum Gasteiger partial charge on any atom is -0.449 e. The van der Waals surface area contributed by atoms with Gasteiger partial charge in [0.1, 0.15) is 0 Å². The van der Waals surface area contributed by atoms with E-state index in [9.17, 15) is 26.7 Å². The van der Waals surface area contributed by atoms with Crippen LogP contribution in [-0.4, -0.2) is 18.2 Å². The molecule has 2 aromatic rings. The lowest BCUT2D eigenvalue weighted by Crippen LogP contribution is -2.34. The van der Waals surface area contributed by atoms with Gasteiger partial charge in [-0.2, -0.15) is 13.2 Å². The molecule has 0 aliphatic heterocycles. The third-order valence-electron chi connectivity index (χ3n) is 5.82. The molecule has 1 unspecified atom stereocenters. The molecule has 0 saturated heterocycles. The first kappa shape index (κ1) is 27.8. The summed E-state index contributed by atoms with van der Waals surface area (Å²) in [7, 11) is 0. The van der Waals surface area contributed by atoms with Crippen molar-refractivity contribution in [2.45, 2.75) is 90.3 Å². The Labute approximate surface area is 198 Å². The number of hydrogen-bond acceptors (Lipinski definition) is 2. The molecule has 34 heavy (non-hydrogen) atoms. The smallest absolute Gasteiger partial charge is 0.425 e. The monoisotopic (exact) mass is 484 g/mol. The van der Waals surface area contributed by atoms with Crippen LogP contribution in [0.2, 0.25) is 0 Å². The van der Waals surface area contributed by atoms with Crippen LogP contribution in [0.4, 0.5) is 22.0 Å². The van der Waals surface area contributed by atoms with E-state index >= 15 is 0 Å². The quantitative estimate of drug-likeness (QED) is 0.161. The zero-order chi connectivity index (χ0) is 25.1. The first-order valence-corrected chi connectivity index (χ1v) is 12.0. The molecule has 0 amide bonds. The molecule has 0 aliphatic carbocycles. The maximum Gasteiger partial charge on any atom is 0.425 e. The summed E-state index contributed by atoms with van der Waals surface area (Å²) < 4.78 is 73.2. The minimum atomic E-state index is -4.78. The molecule has 1 atom stereocenters. The highest BCUT2D eigenvalue weighted by Crippen LogP contribution is 2.30. The number of ether oxygens (including phenoxy) is 1. The lowest BCUT2D eigenvalue weighted by molar-refractivity contribution is -0.206. The van der Waals surface area contributed by atoms with E-state index in [1.54, 1.807) is 19.1 Å². The van der Waals surface area contributed by atoms with Gasteiger partial charge in [0.25, 0.3) is 0 Å². The van der Waals surface area contributed by atoms with Gasteiger partial charge >= 0.3 is 12.1 Å². The maximum absolute atomic E-state index is 14.7. The highest BCUT2D eigenvalue weighted by atomic mass is 19.4. The summed E-state index contributed by atoms with van der Waals surface area (Å²) in [5, 5.41) is 0. The molecule has 0 heterocycles. The van der Waals surface area contributed by atoms with Crippen molar-refractivity contribution in [1.29, 1.82) is 0 Å². The number of benzene rings is 2.